The van der Waals surface area contributed by atoms with Crippen molar-refractivity contribution >= 4 is 40.1 Å². The number of carbonyl (C=O) groups is 2. The Morgan fingerprint density at radius 2 is 1.87 bits per heavy atom. The molecule has 2 aliphatic heterocycles. The van der Waals surface area contributed by atoms with Crippen molar-refractivity contribution in [2.45, 2.75) is 32.1 Å². The molecule has 160 valence electrons. The molecular formula is C24H25ClN4O2. The Labute approximate surface area is 186 Å². The van der Waals surface area contributed by atoms with Crippen LogP contribution in [-0.4, -0.2) is 46.3 Å². The number of likely N-dealkylation sites (tertiary alicyclic amines) is 1. The molecule has 0 saturated carbocycles. The maximum absolute atomic E-state index is 13.1. The minimum absolute atomic E-state index is 0.00636. The Hall–Kier alpha value is -2.86. The molecule has 3 heterocycles. The molecule has 5 rings (SSSR count). The Morgan fingerprint density at radius 1 is 1.13 bits per heavy atom. The van der Waals surface area contributed by atoms with Gasteiger partial charge >= 0.3 is 0 Å². The highest BCUT2D eigenvalue weighted by Gasteiger charge is 2.38. The van der Waals surface area contributed by atoms with Crippen LogP contribution in [0.25, 0.3) is 11.0 Å². The number of amides is 2. The summed E-state index contributed by atoms with van der Waals surface area (Å²) in [4.78, 5) is 37.5. The number of carbonyl (C=O) groups excluding carboxylic acids is 2. The smallest absolute Gasteiger partial charge is 0.228 e. The van der Waals surface area contributed by atoms with Crippen LogP contribution in [0.2, 0.25) is 5.02 Å². The lowest BCUT2D eigenvalue weighted by atomic mass is 9.95. The maximum atomic E-state index is 13.1. The molecule has 1 atom stereocenters. The van der Waals surface area contributed by atoms with Gasteiger partial charge in [0.2, 0.25) is 11.8 Å². The van der Waals surface area contributed by atoms with Crippen molar-refractivity contribution in [1.29, 1.82) is 0 Å². The zero-order valence-corrected chi connectivity index (χ0v) is 18.2. The van der Waals surface area contributed by atoms with Crippen LogP contribution in [0.5, 0.6) is 0 Å². The average molecular weight is 437 g/mol. The third kappa shape index (κ3) is 3.92. The minimum Gasteiger partial charge on any atom is -0.342 e. The van der Waals surface area contributed by atoms with Crippen LogP contribution < -0.4 is 4.90 Å². The SMILES string of the molecule is Cc1ccc2nc(C3CCN(C(=O)C4CC(=O)N(c5ccc(Cl)cc5)C4)CC3)[nH]c2c1. The molecule has 3 aromatic rings. The van der Waals surface area contributed by atoms with E-state index in [0.29, 0.717) is 30.6 Å². The summed E-state index contributed by atoms with van der Waals surface area (Å²) >= 11 is 5.95. The number of fused-ring (bicyclic) bond motifs is 1. The molecule has 6 nitrogen and oxygen atoms in total. The molecule has 31 heavy (non-hydrogen) atoms. The summed E-state index contributed by atoms with van der Waals surface area (Å²) in [5, 5.41) is 0.630. The van der Waals surface area contributed by atoms with Crippen LogP contribution in [0.4, 0.5) is 5.69 Å². The molecule has 2 aromatic carbocycles. The number of H-pyrrole nitrogens is 1. The first kappa shape index (κ1) is 20.1. The van der Waals surface area contributed by atoms with Crippen LogP contribution in [0.15, 0.2) is 42.5 Å². The molecule has 0 spiro atoms. The molecule has 1 aromatic heterocycles. The molecule has 1 N–H and O–H groups in total. The summed E-state index contributed by atoms with van der Waals surface area (Å²) in [5.41, 5.74) is 4.07. The largest absolute Gasteiger partial charge is 0.342 e. The molecule has 0 bridgehead atoms. The van der Waals surface area contributed by atoms with E-state index in [4.69, 9.17) is 16.6 Å². The van der Waals surface area contributed by atoms with Gasteiger partial charge in [0.05, 0.1) is 17.0 Å². The van der Waals surface area contributed by atoms with E-state index in [9.17, 15) is 9.59 Å². The van der Waals surface area contributed by atoms with E-state index in [1.165, 1.54) is 5.56 Å². The Balaban J connectivity index is 1.21. The predicted octanol–water partition coefficient (Wildman–Crippen LogP) is 4.28. The number of aromatic nitrogens is 2. The van der Waals surface area contributed by atoms with Crippen LogP contribution >= 0.6 is 11.6 Å². The highest BCUT2D eigenvalue weighted by atomic mass is 35.5. The molecule has 2 fully saturated rings. The summed E-state index contributed by atoms with van der Waals surface area (Å²) in [5.74, 6) is 1.13. The predicted molar refractivity (Wildman–Crippen MR) is 121 cm³/mol. The summed E-state index contributed by atoms with van der Waals surface area (Å²) in [6.45, 7) is 3.91. The van der Waals surface area contributed by atoms with Gasteiger partial charge < -0.3 is 14.8 Å². The van der Waals surface area contributed by atoms with E-state index in [1.807, 2.05) is 23.1 Å². The molecule has 1 unspecified atom stereocenters. The van der Waals surface area contributed by atoms with Gasteiger partial charge in [0, 0.05) is 42.7 Å². The van der Waals surface area contributed by atoms with Crippen molar-refractivity contribution < 1.29 is 9.59 Å². The van der Waals surface area contributed by atoms with Gasteiger partial charge in [0.1, 0.15) is 5.82 Å². The monoisotopic (exact) mass is 436 g/mol. The first-order valence-electron chi connectivity index (χ1n) is 10.8. The Kier molecular flexibility index (Phi) is 5.18. The number of halogens is 1. The average Bonchev–Trinajstić information content (AvgIpc) is 3.37. The van der Waals surface area contributed by atoms with Crippen molar-refractivity contribution in [2.75, 3.05) is 24.5 Å². The lowest BCUT2D eigenvalue weighted by molar-refractivity contribution is -0.136. The highest BCUT2D eigenvalue weighted by molar-refractivity contribution is 6.30. The molecular weight excluding hydrogens is 412 g/mol. The lowest BCUT2D eigenvalue weighted by Gasteiger charge is -2.32. The number of nitrogens with zero attached hydrogens (tertiary/aromatic N) is 3. The van der Waals surface area contributed by atoms with Crippen LogP contribution in [0.3, 0.4) is 0 Å². The van der Waals surface area contributed by atoms with Crippen LogP contribution in [-0.2, 0) is 9.59 Å². The standard InChI is InChI=1S/C24H25ClN4O2/c1-15-2-7-20-21(12-15)27-23(26-20)16-8-10-28(11-9-16)24(31)17-13-22(30)29(14-17)19-5-3-18(25)4-6-19/h2-7,12,16-17H,8-11,13-14H2,1H3,(H,26,27). The van der Waals surface area contributed by atoms with Gasteiger partial charge in [-0.3, -0.25) is 9.59 Å². The maximum Gasteiger partial charge on any atom is 0.228 e. The minimum atomic E-state index is -0.283. The number of aryl methyl sites for hydroxylation is 1. The first-order chi connectivity index (χ1) is 15.0. The van der Waals surface area contributed by atoms with E-state index in [2.05, 4.69) is 24.0 Å². The number of nitrogens with one attached hydrogen (secondary N) is 1. The second-order valence-electron chi connectivity index (χ2n) is 8.62. The number of anilines is 1. The molecule has 2 saturated heterocycles. The summed E-state index contributed by atoms with van der Waals surface area (Å²) < 4.78 is 0. The van der Waals surface area contributed by atoms with Crippen molar-refractivity contribution in [2.24, 2.45) is 5.92 Å². The topological polar surface area (TPSA) is 69.3 Å². The fourth-order valence-electron chi connectivity index (χ4n) is 4.71. The Morgan fingerprint density at radius 3 is 2.61 bits per heavy atom. The number of hydrogen-bond acceptors (Lipinski definition) is 3. The summed E-state index contributed by atoms with van der Waals surface area (Å²) in [7, 11) is 0. The quantitative estimate of drug-likeness (QED) is 0.666. The fourth-order valence-corrected chi connectivity index (χ4v) is 4.84. The van der Waals surface area contributed by atoms with Gasteiger partial charge in [-0.25, -0.2) is 4.98 Å². The van der Waals surface area contributed by atoms with E-state index in [-0.39, 0.29) is 24.2 Å². The third-order valence-corrected chi connectivity index (χ3v) is 6.71. The second-order valence-corrected chi connectivity index (χ2v) is 9.06. The summed E-state index contributed by atoms with van der Waals surface area (Å²) in [6, 6.07) is 13.4. The van der Waals surface area contributed by atoms with Gasteiger partial charge in [0.15, 0.2) is 0 Å². The van der Waals surface area contributed by atoms with Crippen LogP contribution in [0.1, 0.15) is 36.6 Å². The number of hydrogen-bond donors (Lipinski definition) is 1. The van der Waals surface area contributed by atoms with Crippen molar-refractivity contribution in [3.05, 3.63) is 58.9 Å². The zero-order valence-electron chi connectivity index (χ0n) is 17.5. The number of benzene rings is 2. The third-order valence-electron chi connectivity index (χ3n) is 6.46. The van der Waals surface area contributed by atoms with Crippen molar-refractivity contribution in [1.82, 2.24) is 14.9 Å². The normalized spacial score (nSPS) is 20.1. The van der Waals surface area contributed by atoms with E-state index in [0.717, 1.165) is 35.4 Å². The van der Waals surface area contributed by atoms with E-state index in [1.54, 1.807) is 17.0 Å². The first-order valence-corrected chi connectivity index (χ1v) is 11.2. The second kappa shape index (κ2) is 8.00. The van der Waals surface area contributed by atoms with Gasteiger partial charge in [-0.2, -0.15) is 0 Å². The van der Waals surface area contributed by atoms with Gasteiger partial charge in [-0.1, -0.05) is 17.7 Å². The molecule has 2 amide bonds. The number of piperidine rings is 1. The number of rotatable bonds is 3. The zero-order chi connectivity index (χ0) is 21.5. The van der Waals surface area contributed by atoms with Crippen molar-refractivity contribution in [3.8, 4) is 0 Å². The number of imidazole rings is 1. The van der Waals surface area contributed by atoms with E-state index >= 15 is 0 Å². The summed E-state index contributed by atoms with van der Waals surface area (Å²) in [6.07, 6.45) is 2.03. The van der Waals surface area contributed by atoms with E-state index < -0.39 is 0 Å². The Bertz CT molecular complexity index is 1130. The molecule has 2 aliphatic rings. The van der Waals surface area contributed by atoms with Gasteiger partial charge in [-0.05, 0) is 61.7 Å². The van der Waals surface area contributed by atoms with Crippen LogP contribution in [0, 0.1) is 12.8 Å². The molecule has 0 radical (unpaired) electrons. The van der Waals surface area contributed by atoms with Gasteiger partial charge in [-0.15, -0.1) is 0 Å². The molecule has 0 aliphatic carbocycles. The molecule has 7 heteroatoms. The van der Waals surface area contributed by atoms with Crippen molar-refractivity contribution in [3.63, 3.8) is 0 Å². The number of aromatic amines is 1. The fraction of sp³-hybridized carbons (Fsp3) is 0.375. The lowest BCUT2D eigenvalue weighted by Crippen LogP contribution is -2.42. The highest BCUT2D eigenvalue weighted by Crippen LogP contribution is 2.31. The van der Waals surface area contributed by atoms with Gasteiger partial charge in [0.25, 0.3) is 0 Å².